The molecule has 1 aliphatic heterocycles. The summed E-state index contributed by atoms with van der Waals surface area (Å²) in [4.78, 5) is 25.9. The molecule has 0 fully saturated rings. The minimum absolute atomic E-state index is 0.0773. The van der Waals surface area contributed by atoms with Crippen molar-refractivity contribution < 1.29 is 18.7 Å². The van der Waals surface area contributed by atoms with E-state index in [9.17, 15) is 14.9 Å². The van der Waals surface area contributed by atoms with E-state index in [1.165, 1.54) is 18.0 Å². The minimum atomic E-state index is -0.732. The van der Waals surface area contributed by atoms with Gasteiger partial charge in [0.2, 0.25) is 5.91 Å². The fourth-order valence-corrected chi connectivity index (χ4v) is 4.69. The number of furan rings is 1. The molecule has 3 N–H and O–H groups in total. The van der Waals surface area contributed by atoms with E-state index in [4.69, 9.17) is 9.15 Å². The van der Waals surface area contributed by atoms with Crippen molar-refractivity contribution >= 4 is 35.0 Å². The standard InChI is InChI=1S/C27H24N4O4S/c1-17-24(26(33)31-19-10-12-20(34-2)13-11-19)25(22-9-6-14-35-22)21(15-28)27(29-17)36-16-23(32)30-18-7-4-3-5-8-18/h3-14,25,29H,16H2,1-2H3,(H,30,32)(H,31,33). The van der Waals surface area contributed by atoms with Crippen LogP contribution in [0.2, 0.25) is 0 Å². The third-order valence-electron chi connectivity index (χ3n) is 5.47. The Balaban J connectivity index is 1.57. The molecule has 0 aliphatic carbocycles. The van der Waals surface area contributed by atoms with Gasteiger partial charge in [0.1, 0.15) is 11.5 Å². The van der Waals surface area contributed by atoms with E-state index in [2.05, 4.69) is 22.0 Å². The number of carbonyl (C=O) groups is 2. The number of ether oxygens (including phenoxy) is 1. The van der Waals surface area contributed by atoms with Crippen LogP contribution in [0.1, 0.15) is 18.6 Å². The maximum Gasteiger partial charge on any atom is 0.254 e. The predicted molar refractivity (Wildman–Crippen MR) is 139 cm³/mol. The Hall–Kier alpha value is -4.42. The number of nitrogens with zero attached hydrogens (tertiary/aromatic N) is 1. The van der Waals surface area contributed by atoms with E-state index in [-0.39, 0.29) is 17.6 Å². The molecule has 1 unspecified atom stereocenters. The second-order valence-electron chi connectivity index (χ2n) is 7.85. The van der Waals surface area contributed by atoms with Crippen LogP contribution in [0.15, 0.2) is 99.3 Å². The van der Waals surface area contributed by atoms with Crippen molar-refractivity contribution in [1.29, 1.82) is 5.26 Å². The van der Waals surface area contributed by atoms with Crippen molar-refractivity contribution in [2.45, 2.75) is 12.8 Å². The maximum atomic E-state index is 13.4. The van der Waals surface area contributed by atoms with Crippen LogP contribution in [0, 0.1) is 11.3 Å². The van der Waals surface area contributed by atoms with Crippen LogP contribution in [0.3, 0.4) is 0 Å². The Bertz CT molecular complexity index is 1340. The van der Waals surface area contributed by atoms with Gasteiger partial charge in [-0.25, -0.2) is 0 Å². The molecule has 1 atom stereocenters. The summed E-state index contributed by atoms with van der Waals surface area (Å²) < 4.78 is 10.8. The number of hydrogen-bond acceptors (Lipinski definition) is 7. The Kier molecular flexibility index (Phi) is 7.78. The lowest BCUT2D eigenvalue weighted by atomic mass is 9.85. The normalized spacial score (nSPS) is 15.1. The molecule has 2 heterocycles. The summed E-state index contributed by atoms with van der Waals surface area (Å²) in [6.45, 7) is 1.76. The molecule has 2 amide bonds. The average molecular weight is 501 g/mol. The molecule has 3 aromatic rings. The van der Waals surface area contributed by atoms with E-state index in [1.807, 2.05) is 18.2 Å². The number of hydrogen-bond donors (Lipinski definition) is 3. The number of benzene rings is 2. The number of nitriles is 1. The molecule has 2 aromatic carbocycles. The fraction of sp³-hybridized carbons (Fsp3) is 0.148. The number of rotatable bonds is 8. The summed E-state index contributed by atoms with van der Waals surface area (Å²) in [6, 6.07) is 21.8. The molecule has 182 valence electrons. The first-order valence-electron chi connectivity index (χ1n) is 11.1. The summed E-state index contributed by atoms with van der Waals surface area (Å²) in [7, 11) is 1.57. The highest BCUT2D eigenvalue weighted by Crippen LogP contribution is 2.41. The van der Waals surface area contributed by atoms with E-state index in [1.54, 1.807) is 62.6 Å². The molecule has 0 saturated carbocycles. The fourth-order valence-electron chi connectivity index (χ4n) is 3.80. The average Bonchev–Trinajstić information content (AvgIpc) is 3.42. The lowest BCUT2D eigenvalue weighted by Gasteiger charge is -2.28. The third kappa shape index (κ3) is 5.62. The SMILES string of the molecule is COc1ccc(NC(=O)C2=C(C)NC(SCC(=O)Nc3ccccc3)=C(C#N)C2c2ccco2)cc1. The number of para-hydroxylation sites is 1. The van der Waals surface area contributed by atoms with Crippen molar-refractivity contribution in [2.24, 2.45) is 0 Å². The third-order valence-corrected chi connectivity index (χ3v) is 6.49. The first-order chi connectivity index (χ1) is 17.5. The highest BCUT2D eigenvalue weighted by molar-refractivity contribution is 8.03. The number of thioether (sulfide) groups is 1. The van der Waals surface area contributed by atoms with Gasteiger partial charge in [-0.15, -0.1) is 0 Å². The minimum Gasteiger partial charge on any atom is -0.497 e. The first kappa shape index (κ1) is 24.7. The van der Waals surface area contributed by atoms with E-state index < -0.39 is 5.92 Å². The van der Waals surface area contributed by atoms with Gasteiger partial charge in [-0.05, 0) is 55.5 Å². The lowest BCUT2D eigenvalue weighted by Crippen LogP contribution is -2.31. The Morgan fingerprint density at radius 1 is 1.06 bits per heavy atom. The van der Waals surface area contributed by atoms with Gasteiger partial charge < -0.3 is 25.1 Å². The number of allylic oxidation sites excluding steroid dienone is 2. The van der Waals surface area contributed by atoms with Crippen molar-refractivity contribution in [3.8, 4) is 11.8 Å². The molecular formula is C27H24N4O4S. The molecule has 0 saturated heterocycles. The highest BCUT2D eigenvalue weighted by Gasteiger charge is 2.36. The van der Waals surface area contributed by atoms with Crippen LogP contribution in [-0.2, 0) is 9.59 Å². The molecule has 1 aliphatic rings. The van der Waals surface area contributed by atoms with Crippen molar-refractivity contribution in [3.05, 3.63) is 101 Å². The molecule has 8 nitrogen and oxygen atoms in total. The van der Waals surface area contributed by atoms with E-state index in [0.717, 1.165) is 0 Å². The van der Waals surface area contributed by atoms with Gasteiger partial charge in [0, 0.05) is 17.1 Å². The highest BCUT2D eigenvalue weighted by atomic mass is 32.2. The topological polar surface area (TPSA) is 116 Å². The molecule has 0 radical (unpaired) electrons. The maximum absolute atomic E-state index is 13.4. The number of amides is 2. The monoisotopic (exact) mass is 500 g/mol. The molecule has 1 aromatic heterocycles. The quantitative estimate of drug-likeness (QED) is 0.399. The molecule has 36 heavy (non-hydrogen) atoms. The summed E-state index contributed by atoms with van der Waals surface area (Å²) >= 11 is 1.20. The van der Waals surface area contributed by atoms with Crippen LogP contribution in [0.4, 0.5) is 11.4 Å². The van der Waals surface area contributed by atoms with Gasteiger partial charge in [-0.2, -0.15) is 5.26 Å². The molecule has 0 bridgehead atoms. The van der Waals surface area contributed by atoms with Gasteiger partial charge >= 0.3 is 0 Å². The van der Waals surface area contributed by atoms with E-state index >= 15 is 0 Å². The molecular weight excluding hydrogens is 476 g/mol. The Morgan fingerprint density at radius 2 is 1.78 bits per heavy atom. The summed E-state index contributed by atoms with van der Waals surface area (Å²) in [5.41, 5.74) is 2.49. The first-order valence-corrected chi connectivity index (χ1v) is 12.1. The number of dihydropyridines is 1. The van der Waals surface area contributed by atoms with Crippen LogP contribution < -0.4 is 20.7 Å². The zero-order valence-electron chi connectivity index (χ0n) is 19.7. The van der Waals surface area contributed by atoms with Gasteiger partial charge in [0.15, 0.2) is 0 Å². The second-order valence-corrected chi connectivity index (χ2v) is 8.84. The van der Waals surface area contributed by atoms with Crippen molar-refractivity contribution in [3.63, 3.8) is 0 Å². The van der Waals surface area contributed by atoms with Gasteiger partial charge in [-0.3, -0.25) is 9.59 Å². The predicted octanol–water partition coefficient (Wildman–Crippen LogP) is 4.99. The molecule has 0 spiro atoms. The Labute approximate surface area is 213 Å². The number of methoxy groups -OCH3 is 1. The van der Waals surface area contributed by atoms with Crippen molar-refractivity contribution in [2.75, 3.05) is 23.5 Å². The van der Waals surface area contributed by atoms with Gasteiger partial charge in [0.05, 0.1) is 47.3 Å². The summed E-state index contributed by atoms with van der Waals surface area (Å²) in [5.74, 6) is -0.108. The zero-order valence-corrected chi connectivity index (χ0v) is 20.5. The van der Waals surface area contributed by atoms with Crippen LogP contribution in [0.5, 0.6) is 5.75 Å². The largest absolute Gasteiger partial charge is 0.497 e. The Morgan fingerprint density at radius 3 is 2.42 bits per heavy atom. The van der Waals surface area contributed by atoms with E-state index in [0.29, 0.717) is 44.8 Å². The van der Waals surface area contributed by atoms with Gasteiger partial charge in [0.25, 0.3) is 5.91 Å². The summed E-state index contributed by atoms with van der Waals surface area (Å²) in [6.07, 6.45) is 1.50. The number of carbonyl (C=O) groups excluding carboxylic acids is 2. The van der Waals surface area contributed by atoms with Crippen LogP contribution in [-0.4, -0.2) is 24.7 Å². The van der Waals surface area contributed by atoms with Crippen LogP contribution >= 0.6 is 11.8 Å². The van der Waals surface area contributed by atoms with Crippen molar-refractivity contribution in [1.82, 2.24) is 5.32 Å². The lowest BCUT2D eigenvalue weighted by molar-refractivity contribution is -0.114. The van der Waals surface area contributed by atoms with Crippen LogP contribution in [0.25, 0.3) is 0 Å². The second kappa shape index (κ2) is 11.3. The van der Waals surface area contributed by atoms with Gasteiger partial charge in [-0.1, -0.05) is 30.0 Å². The smallest absolute Gasteiger partial charge is 0.254 e. The number of nitrogens with one attached hydrogen (secondary N) is 3. The zero-order chi connectivity index (χ0) is 25.5. The molecule has 9 heteroatoms. The molecule has 4 rings (SSSR count). The number of anilines is 2. The summed E-state index contributed by atoms with van der Waals surface area (Å²) in [5, 5.41) is 19.5.